The Morgan fingerprint density at radius 3 is 2.40 bits per heavy atom. The summed E-state index contributed by atoms with van der Waals surface area (Å²) in [7, 11) is -3.51. The molecule has 1 aliphatic rings. The topological polar surface area (TPSA) is 130 Å². The third-order valence-electron chi connectivity index (χ3n) is 4.95. The Bertz CT molecular complexity index is 1000. The van der Waals surface area contributed by atoms with E-state index >= 15 is 0 Å². The van der Waals surface area contributed by atoms with Crippen LogP contribution in [0.4, 0.5) is 17.5 Å². The first-order valence-corrected chi connectivity index (χ1v) is 11.3. The van der Waals surface area contributed by atoms with Crippen molar-refractivity contribution in [1.82, 2.24) is 14.3 Å². The molecule has 2 N–H and O–H groups in total. The zero-order chi connectivity index (χ0) is 21.9. The van der Waals surface area contributed by atoms with Crippen LogP contribution >= 0.6 is 0 Å². The minimum Gasteiger partial charge on any atom is -0.361 e. The Labute approximate surface area is 175 Å². The average Bonchev–Trinajstić information content (AvgIpc) is 3.53. The van der Waals surface area contributed by atoms with Gasteiger partial charge in [-0.3, -0.25) is 10.1 Å². The third kappa shape index (κ3) is 4.85. The van der Waals surface area contributed by atoms with Crippen molar-refractivity contribution in [1.29, 1.82) is 0 Å². The zero-order valence-electron chi connectivity index (χ0n) is 17.2. The first-order chi connectivity index (χ1) is 14.3. The molecule has 1 atom stereocenters. The first-order valence-electron chi connectivity index (χ1n) is 9.90. The fraction of sp³-hybridized carbons (Fsp3) is 0.474. The van der Waals surface area contributed by atoms with E-state index in [4.69, 9.17) is 0 Å². The van der Waals surface area contributed by atoms with E-state index in [1.165, 1.54) is 10.5 Å². The number of nitrogens with zero attached hydrogens (tertiary/aromatic N) is 4. The number of aromatic nitrogens is 2. The second-order valence-electron chi connectivity index (χ2n) is 7.13. The summed E-state index contributed by atoms with van der Waals surface area (Å²) in [5, 5.41) is 17.4. The summed E-state index contributed by atoms with van der Waals surface area (Å²) in [6, 6.07) is 6.62. The van der Waals surface area contributed by atoms with Gasteiger partial charge < -0.3 is 10.6 Å². The van der Waals surface area contributed by atoms with Gasteiger partial charge in [0.25, 0.3) is 0 Å². The molecule has 1 aliphatic carbocycles. The van der Waals surface area contributed by atoms with Gasteiger partial charge in [0, 0.05) is 19.1 Å². The molecule has 30 heavy (non-hydrogen) atoms. The molecular formula is C19H26N6O4S. The van der Waals surface area contributed by atoms with Crippen molar-refractivity contribution in [2.75, 3.05) is 23.7 Å². The zero-order valence-corrected chi connectivity index (χ0v) is 18.0. The first kappa shape index (κ1) is 21.9. The smallest absolute Gasteiger partial charge is 0.329 e. The highest BCUT2D eigenvalue weighted by Gasteiger charge is 2.27. The van der Waals surface area contributed by atoms with Crippen LogP contribution in [0.3, 0.4) is 0 Å². The van der Waals surface area contributed by atoms with Gasteiger partial charge in [0.05, 0.1) is 15.9 Å². The van der Waals surface area contributed by atoms with Crippen molar-refractivity contribution in [2.45, 2.75) is 50.6 Å². The average molecular weight is 435 g/mol. The van der Waals surface area contributed by atoms with Gasteiger partial charge in [-0.25, -0.2) is 13.4 Å². The summed E-state index contributed by atoms with van der Waals surface area (Å²) >= 11 is 0. The van der Waals surface area contributed by atoms with Crippen LogP contribution in [0.5, 0.6) is 0 Å². The molecule has 0 bridgehead atoms. The van der Waals surface area contributed by atoms with Crippen LogP contribution in [0.15, 0.2) is 35.4 Å². The molecule has 0 radical (unpaired) electrons. The van der Waals surface area contributed by atoms with E-state index in [1.807, 2.05) is 6.92 Å². The van der Waals surface area contributed by atoms with Crippen LogP contribution in [0.25, 0.3) is 0 Å². The van der Waals surface area contributed by atoms with Crippen LogP contribution in [0.1, 0.15) is 45.2 Å². The number of benzene rings is 1. The molecule has 0 amide bonds. The fourth-order valence-electron chi connectivity index (χ4n) is 3.02. The summed E-state index contributed by atoms with van der Waals surface area (Å²) in [5.41, 5.74) is 0.679. The van der Waals surface area contributed by atoms with E-state index < -0.39 is 14.9 Å². The van der Waals surface area contributed by atoms with Crippen LogP contribution in [0, 0.1) is 10.1 Å². The van der Waals surface area contributed by atoms with E-state index in [-0.39, 0.29) is 34.4 Å². The Kier molecular flexibility index (Phi) is 6.52. The van der Waals surface area contributed by atoms with Crippen LogP contribution in [0.2, 0.25) is 0 Å². The Hall–Kier alpha value is -2.79. The lowest BCUT2D eigenvalue weighted by molar-refractivity contribution is -0.384. The molecule has 0 saturated heterocycles. The summed E-state index contributed by atoms with van der Waals surface area (Å²) in [6.45, 7) is 6.31. The molecule has 11 heteroatoms. The lowest BCUT2D eigenvalue weighted by Gasteiger charge is -2.19. The van der Waals surface area contributed by atoms with Crippen molar-refractivity contribution in [3.05, 3.63) is 46.1 Å². The highest BCUT2D eigenvalue weighted by atomic mass is 32.2. The van der Waals surface area contributed by atoms with Gasteiger partial charge >= 0.3 is 5.69 Å². The second kappa shape index (κ2) is 8.92. The molecule has 2 aromatic rings. The molecule has 10 nitrogen and oxygen atoms in total. The Balaban J connectivity index is 1.76. The predicted molar refractivity (Wildman–Crippen MR) is 114 cm³/mol. The van der Waals surface area contributed by atoms with Crippen molar-refractivity contribution in [2.24, 2.45) is 0 Å². The minimum absolute atomic E-state index is 0.161. The van der Waals surface area contributed by atoms with Crippen molar-refractivity contribution < 1.29 is 13.3 Å². The molecule has 162 valence electrons. The van der Waals surface area contributed by atoms with Crippen LogP contribution in [-0.2, 0) is 10.0 Å². The van der Waals surface area contributed by atoms with Crippen LogP contribution in [-0.4, -0.2) is 46.7 Å². The van der Waals surface area contributed by atoms with E-state index in [2.05, 4.69) is 20.6 Å². The lowest BCUT2D eigenvalue weighted by Crippen LogP contribution is -2.30. The van der Waals surface area contributed by atoms with Gasteiger partial charge in [0.15, 0.2) is 0 Å². The number of nitro groups is 1. The maximum atomic E-state index is 12.6. The minimum atomic E-state index is -3.51. The molecule has 1 aromatic carbocycles. The number of nitrogens with one attached hydrogen (secondary N) is 2. The van der Waals surface area contributed by atoms with Gasteiger partial charge in [-0.15, -0.1) is 0 Å². The van der Waals surface area contributed by atoms with E-state index in [0.29, 0.717) is 13.1 Å². The van der Waals surface area contributed by atoms with Crippen molar-refractivity contribution >= 4 is 27.5 Å². The summed E-state index contributed by atoms with van der Waals surface area (Å²) in [4.78, 5) is 19.2. The van der Waals surface area contributed by atoms with Gasteiger partial charge in [0.2, 0.25) is 21.8 Å². The highest BCUT2D eigenvalue weighted by Crippen LogP contribution is 2.30. The molecule has 0 spiro atoms. The fourth-order valence-corrected chi connectivity index (χ4v) is 4.48. The second-order valence-corrected chi connectivity index (χ2v) is 9.07. The third-order valence-corrected chi connectivity index (χ3v) is 7.02. The quantitative estimate of drug-likeness (QED) is 0.431. The van der Waals surface area contributed by atoms with Gasteiger partial charge in [0.1, 0.15) is 6.20 Å². The van der Waals surface area contributed by atoms with E-state index in [0.717, 1.165) is 18.4 Å². The molecule has 1 aromatic heterocycles. The summed E-state index contributed by atoms with van der Waals surface area (Å²) in [6.07, 6.45) is 3.11. The highest BCUT2D eigenvalue weighted by molar-refractivity contribution is 7.89. The van der Waals surface area contributed by atoms with Crippen LogP contribution < -0.4 is 10.6 Å². The molecule has 3 rings (SSSR count). The monoisotopic (exact) mass is 434 g/mol. The molecular weight excluding hydrogens is 408 g/mol. The standard InChI is InChI=1S/C19H26N6O4S/c1-4-24(5-2)30(28,29)16-10-6-14(7-11-16)13(3)21-19-20-12-17(25(26)27)18(23-19)22-15-8-9-15/h6-7,10-13,15H,4-5,8-9H2,1-3H3,(H2,20,21,22,23). The van der Waals surface area contributed by atoms with E-state index in [1.54, 1.807) is 38.1 Å². The van der Waals surface area contributed by atoms with Crippen molar-refractivity contribution in [3.63, 3.8) is 0 Å². The maximum Gasteiger partial charge on any atom is 0.329 e. The predicted octanol–water partition coefficient (Wildman–Crippen LogP) is 3.16. The molecule has 1 fully saturated rings. The largest absolute Gasteiger partial charge is 0.361 e. The molecule has 1 heterocycles. The summed E-state index contributed by atoms with van der Waals surface area (Å²) in [5.74, 6) is 0.462. The number of hydrogen-bond donors (Lipinski definition) is 2. The lowest BCUT2D eigenvalue weighted by atomic mass is 10.1. The normalized spacial score (nSPS) is 15.1. The summed E-state index contributed by atoms with van der Waals surface area (Å²) < 4.78 is 26.6. The van der Waals surface area contributed by atoms with Crippen molar-refractivity contribution in [3.8, 4) is 0 Å². The van der Waals surface area contributed by atoms with Gasteiger partial charge in [-0.05, 0) is 37.5 Å². The maximum absolute atomic E-state index is 12.6. The Morgan fingerprint density at radius 1 is 1.23 bits per heavy atom. The number of rotatable bonds is 10. The molecule has 1 saturated carbocycles. The molecule has 0 aliphatic heterocycles. The van der Waals surface area contributed by atoms with Gasteiger partial charge in [-0.1, -0.05) is 26.0 Å². The van der Waals surface area contributed by atoms with E-state index in [9.17, 15) is 18.5 Å². The molecule has 1 unspecified atom stereocenters. The SMILES string of the molecule is CCN(CC)S(=O)(=O)c1ccc(C(C)Nc2ncc([N+](=O)[O-])c(NC3CC3)n2)cc1. The Morgan fingerprint density at radius 2 is 1.87 bits per heavy atom. The number of hydrogen-bond acceptors (Lipinski definition) is 8. The number of anilines is 2. The number of sulfonamides is 1. The van der Waals surface area contributed by atoms with Gasteiger partial charge in [-0.2, -0.15) is 9.29 Å².